The molecule has 0 heterocycles. The molecule has 0 aromatic carbocycles. The Labute approximate surface area is 195 Å². The van der Waals surface area contributed by atoms with Gasteiger partial charge in [-0.15, -0.1) is 0 Å². The minimum absolute atomic E-state index is 0.0618. The van der Waals surface area contributed by atoms with Crippen LogP contribution in [0.3, 0.4) is 0 Å². The summed E-state index contributed by atoms with van der Waals surface area (Å²) in [4.78, 5) is 0. The topological polar surface area (TPSA) is 163 Å². The van der Waals surface area contributed by atoms with Gasteiger partial charge >= 0.3 is 0 Å². The summed E-state index contributed by atoms with van der Waals surface area (Å²) in [5.74, 6) is -2.09. The lowest BCUT2D eigenvalue weighted by Gasteiger charge is -2.31. The quantitative estimate of drug-likeness (QED) is 0.117. The second kappa shape index (κ2) is 13.0. The van der Waals surface area contributed by atoms with E-state index in [0.717, 1.165) is 0 Å². The lowest BCUT2D eigenvalue weighted by atomic mass is 9.90. The molecule has 0 amide bonds. The Hall–Kier alpha value is 1.13. The fourth-order valence-corrected chi connectivity index (χ4v) is 8.40. The first kappa shape index (κ1) is 30.1. The van der Waals surface area contributed by atoms with Crippen LogP contribution in [0.5, 0.6) is 0 Å². The lowest BCUT2D eigenvalue weighted by molar-refractivity contribution is 0.352. The van der Waals surface area contributed by atoms with Crippen LogP contribution in [0.1, 0.15) is 25.7 Å². The summed E-state index contributed by atoms with van der Waals surface area (Å²) in [7, 11) is -13.8. The highest BCUT2D eigenvalue weighted by Crippen LogP contribution is 2.32. The maximum absolute atomic E-state index is 12.0. The molecule has 0 spiro atoms. The van der Waals surface area contributed by atoms with Gasteiger partial charge in [0.2, 0.25) is 0 Å². The third-order valence-electron chi connectivity index (χ3n) is 4.67. The van der Waals surface area contributed by atoms with E-state index >= 15 is 0 Å². The molecular weight excluding hydrogens is 525 g/mol. The first-order valence-electron chi connectivity index (χ1n) is 8.45. The second-order valence-corrected chi connectivity index (χ2v) is 13.2. The van der Waals surface area contributed by atoms with Crippen LogP contribution in [0.25, 0.3) is 0 Å². The summed E-state index contributed by atoms with van der Waals surface area (Å²) in [5, 5.41) is -4.27. The van der Waals surface area contributed by atoms with Crippen LogP contribution < -0.4 is 0 Å². The van der Waals surface area contributed by atoms with E-state index in [2.05, 4.69) is 50.5 Å². The standard InChI is InChI=1S/C13H28O9S7/c14-27(15,16)11(1-3-23)5-9(7-25)13(29(20,21)22)6-10(8-26)12(2-4-24)28(17,18)19/h9-13,23-26H,1-8H2,(H,14,15,16)(H,17,18,19)(H,20,21,22). The summed E-state index contributed by atoms with van der Waals surface area (Å²) in [6.07, 6.45) is -0.890. The Kier molecular flexibility index (Phi) is 13.5. The van der Waals surface area contributed by atoms with E-state index in [4.69, 9.17) is 0 Å². The molecular formula is C13H28O9S7. The van der Waals surface area contributed by atoms with Crippen LogP contribution >= 0.6 is 50.5 Å². The van der Waals surface area contributed by atoms with Crippen molar-refractivity contribution in [1.82, 2.24) is 0 Å². The summed E-state index contributed by atoms with van der Waals surface area (Å²) < 4.78 is 99.4. The zero-order chi connectivity index (χ0) is 23.0. The van der Waals surface area contributed by atoms with Gasteiger partial charge in [-0.05, 0) is 60.5 Å². The molecule has 0 aliphatic carbocycles. The lowest BCUT2D eigenvalue weighted by Crippen LogP contribution is -2.41. The van der Waals surface area contributed by atoms with Crippen molar-refractivity contribution in [3.8, 4) is 0 Å². The van der Waals surface area contributed by atoms with E-state index < -0.39 is 64.4 Å². The van der Waals surface area contributed by atoms with E-state index in [9.17, 15) is 38.9 Å². The fourth-order valence-electron chi connectivity index (χ4n) is 3.17. The zero-order valence-electron chi connectivity index (χ0n) is 15.3. The van der Waals surface area contributed by atoms with E-state index in [-0.39, 0.29) is 42.3 Å². The Morgan fingerprint density at radius 1 is 0.586 bits per heavy atom. The van der Waals surface area contributed by atoms with Crippen molar-refractivity contribution in [3.63, 3.8) is 0 Å². The Morgan fingerprint density at radius 2 is 1.00 bits per heavy atom. The van der Waals surface area contributed by atoms with Crippen molar-refractivity contribution in [2.75, 3.05) is 23.0 Å². The molecule has 0 aliphatic rings. The van der Waals surface area contributed by atoms with E-state index in [0.29, 0.717) is 0 Å². The van der Waals surface area contributed by atoms with Crippen LogP contribution in [0.2, 0.25) is 0 Å². The highest BCUT2D eigenvalue weighted by Gasteiger charge is 2.40. The molecule has 0 fully saturated rings. The SMILES string of the molecule is O=S(=O)(O)C(CCS)CC(CS)C(CC(CS)C(CCS)S(=O)(=O)O)S(=O)(=O)O. The fraction of sp³-hybridized carbons (Fsp3) is 1.00. The molecule has 0 aliphatic heterocycles. The molecule has 5 atom stereocenters. The second-order valence-electron chi connectivity index (χ2n) is 6.63. The van der Waals surface area contributed by atoms with Gasteiger partial charge in [0, 0.05) is 0 Å². The van der Waals surface area contributed by atoms with Crippen LogP contribution in [-0.4, -0.2) is 77.7 Å². The minimum Gasteiger partial charge on any atom is -0.285 e. The molecule has 29 heavy (non-hydrogen) atoms. The molecule has 0 saturated heterocycles. The van der Waals surface area contributed by atoms with Gasteiger partial charge in [0.1, 0.15) is 0 Å². The summed E-state index contributed by atoms with van der Waals surface area (Å²) in [6.45, 7) is 0. The van der Waals surface area contributed by atoms with Crippen molar-refractivity contribution in [2.24, 2.45) is 11.8 Å². The molecule has 5 unspecified atom stereocenters. The molecule has 0 radical (unpaired) electrons. The molecule has 0 aromatic heterocycles. The van der Waals surface area contributed by atoms with E-state index in [1.54, 1.807) is 0 Å². The maximum atomic E-state index is 12.0. The molecule has 0 aromatic rings. The van der Waals surface area contributed by atoms with Gasteiger partial charge in [-0.2, -0.15) is 75.8 Å². The van der Waals surface area contributed by atoms with Crippen molar-refractivity contribution in [3.05, 3.63) is 0 Å². The predicted molar refractivity (Wildman–Crippen MR) is 127 cm³/mol. The molecule has 0 saturated carbocycles. The Balaban J connectivity index is 5.99. The van der Waals surface area contributed by atoms with Crippen molar-refractivity contribution in [1.29, 1.82) is 0 Å². The van der Waals surface area contributed by atoms with Gasteiger partial charge in [0.25, 0.3) is 30.4 Å². The summed E-state index contributed by atoms with van der Waals surface area (Å²) in [5.41, 5.74) is 0. The van der Waals surface area contributed by atoms with Crippen LogP contribution in [0.4, 0.5) is 0 Å². The van der Waals surface area contributed by atoms with E-state index in [1.807, 2.05) is 0 Å². The molecule has 176 valence electrons. The normalized spacial score (nSPS) is 18.7. The molecule has 9 nitrogen and oxygen atoms in total. The first-order chi connectivity index (χ1) is 13.1. The molecule has 0 rings (SSSR count). The largest absolute Gasteiger partial charge is 0.285 e. The van der Waals surface area contributed by atoms with Crippen molar-refractivity contribution in [2.45, 2.75) is 41.4 Å². The maximum Gasteiger partial charge on any atom is 0.268 e. The van der Waals surface area contributed by atoms with Crippen molar-refractivity contribution < 1.29 is 38.9 Å². The monoisotopic (exact) mass is 552 g/mol. The summed E-state index contributed by atoms with van der Waals surface area (Å²) >= 11 is 16.0. The third-order valence-corrected chi connectivity index (χ3v) is 10.1. The van der Waals surface area contributed by atoms with E-state index in [1.165, 1.54) is 0 Å². The van der Waals surface area contributed by atoms with Gasteiger partial charge < -0.3 is 0 Å². The predicted octanol–water partition coefficient (Wildman–Crippen LogP) is 1.27. The third kappa shape index (κ3) is 10.5. The smallest absolute Gasteiger partial charge is 0.268 e. The van der Waals surface area contributed by atoms with Crippen LogP contribution in [0, 0.1) is 11.8 Å². The Bertz CT molecular complexity index is 794. The minimum atomic E-state index is -4.76. The molecule has 3 N–H and O–H groups in total. The molecule has 0 bridgehead atoms. The average Bonchev–Trinajstić information content (AvgIpc) is 2.56. The summed E-state index contributed by atoms with van der Waals surface area (Å²) in [6, 6.07) is 0. The van der Waals surface area contributed by atoms with Gasteiger partial charge in [-0.25, -0.2) is 0 Å². The number of thiol groups is 4. The average molecular weight is 553 g/mol. The van der Waals surface area contributed by atoms with Gasteiger partial charge in [-0.3, -0.25) is 13.7 Å². The number of rotatable bonds is 15. The number of hydrogen-bond acceptors (Lipinski definition) is 10. The van der Waals surface area contributed by atoms with Crippen LogP contribution in [0.15, 0.2) is 0 Å². The van der Waals surface area contributed by atoms with Crippen molar-refractivity contribution >= 4 is 80.9 Å². The highest BCUT2D eigenvalue weighted by atomic mass is 32.2. The van der Waals surface area contributed by atoms with Gasteiger partial charge in [0.15, 0.2) is 0 Å². The van der Waals surface area contributed by atoms with Crippen LogP contribution in [-0.2, 0) is 30.4 Å². The first-order valence-corrected chi connectivity index (χ1v) is 15.5. The highest BCUT2D eigenvalue weighted by molar-refractivity contribution is 7.87. The zero-order valence-corrected chi connectivity index (χ0v) is 21.4. The molecule has 16 heteroatoms. The number of hydrogen-bond donors (Lipinski definition) is 7. The van der Waals surface area contributed by atoms with Gasteiger partial charge in [-0.1, -0.05) is 0 Å². The Morgan fingerprint density at radius 3 is 1.31 bits per heavy atom. The van der Waals surface area contributed by atoms with Gasteiger partial charge in [0.05, 0.1) is 15.7 Å².